The van der Waals surface area contributed by atoms with Crippen LogP contribution in [0.25, 0.3) is 0 Å². The first kappa shape index (κ1) is 11.1. The number of hydrogen-bond acceptors (Lipinski definition) is 5. The Bertz CT molecular complexity index is 363. The van der Waals surface area contributed by atoms with Crippen LogP contribution in [-0.2, 0) is 0 Å². The molecule has 0 aliphatic carbocycles. The highest BCUT2D eigenvalue weighted by Gasteiger charge is 2.27. The number of nitrogens with one attached hydrogen (secondary N) is 1. The van der Waals surface area contributed by atoms with Crippen LogP contribution in [0.5, 0.6) is 0 Å². The number of nitrogen functional groups attached to an aromatic ring is 1. The van der Waals surface area contributed by atoms with Crippen molar-refractivity contribution in [3.8, 4) is 0 Å². The fraction of sp³-hybridized carbons (Fsp3) is 0.636. The predicted octanol–water partition coefficient (Wildman–Crippen LogP) is 1.39. The van der Waals surface area contributed by atoms with E-state index >= 15 is 0 Å². The third-order valence-electron chi connectivity index (χ3n) is 2.99. The molecular weight excluding hydrogens is 202 g/mol. The van der Waals surface area contributed by atoms with Crippen molar-refractivity contribution in [1.82, 2.24) is 9.97 Å². The van der Waals surface area contributed by atoms with Crippen LogP contribution >= 0.6 is 0 Å². The summed E-state index contributed by atoms with van der Waals surface area (Å²) in [4.78, 5) is 10.7. The fourth-order valence-electron chi connectivity index (χ4n) is 2.21. The molecule has 16 heavy (non-hydrogen) atoms. The van der Waals surface area contributed by atoms with Crippen molar-refractivity contribution in [3.63, 3.8) is 0 Å². The van der Waals surface area contributed by atoms with Crippen molar-refractivity contribution in [3.05, 3.63) is 12.3 Å². The first-order chi connectivity index (χ1) is 7.61. The Morgan fingerprint density at radius 3 is 3.00 bits per heavy atom. The van der Waals surface area contributed by atoms with Gasteiger partial charge in [-0.2, -0.15) is 4.98 Å². The molecular formula is C11H19N5. The fourth-order valence-corrected chi connectivity index (χ4v) is 2.21. The molecule has 1 aromatic heterocycles. The standard InChI is InChI=1S/C11H19N5/c1-11(2)5-3-7-16(8-11)9-4-6-13-10(14-9)15-12/h4,6H,3,5,7-8,12H2,1-2H3,(H,13,14,15). The van der Waals surface area contributed by atoms with Crippen molar-refractivity contribution in [2.24, 2.45) is 11.3 Å². The Hall–Kier alpha value is -1.36. The van der Waals surface area contributed by atoms with Crippen LogP contribution in [0, 0.1) is 5.41 Å². The molecule has 0 amide bonds. The molecule has 5 nitrogen and oxygen atoms in total. The summed E-state index contributed by atoms with van der Waals surface area (Å²) in [5.41, 5.74) is 2.84. The zero-order valence-corrected chi connectivity index (χ0v) is 9.90. The lowest BCUT2D eigenvalue weighted by molar-refractivity contribution is 0.292. The molecule has 0 aromatic carbocycles. The molecule has 0 bridgehead atoms. The number of hydrazine groups is 1. The molecule has 1 aromatic rings. The lowest BCUT2D eigenvalue weighted by atomic mass is 9.84. The van der Waals surface area contributed by atoms with Crippen molar-refractivity contribution < 1.29 is 0 Å². The molecule has 0 unspecified atom stereocenters. The zero-order chi connectivity index (χ0) is 11.6. The lowest BCUT2D eigenvalue weighted by Gasteiger charge is -2.38. The highest BCUT2D eigenvalue weighted by atomic mass is 15.3. The average Bonchev–Trinajstić information content (AvgIpc) is 2.28. The normalized spacial score (nSPS) is 19.6. The maximum Gasteiger partial charge on any atom is 0.239 e. The smallest absolute Gasteiger partial charge is 0.239 e. The monoisotopic (exact) mass is 221 g/mol. The summed E-state index contributed by atoms with van der Waals surface area (Å²) in [5, 5.41) is 0. The molecule has 0 spiro atoms. The number of aromatic nitrogens is 2. The van der Waals surface area contributed by atoms with Crippen LogP contribution in [0.2, 0.25) is 0 Å². The summed E-state index contributed by atoms with van der Waals surface area (Å²) < 4.78 is 0. The summed E-state index contributed by atoms with van der Waals surface area (Å²) in [6.07, 6.45) is 4.22. The number of piperidine rings is 1. The molecule has 0 atom stereocenters. The third kappa shape index (κ3) is 2.41. The molecule has 5 heteroatoms. The van der Waals surface area contributed by atoms with E-state index in [1.165, 1.54) is 12.8 Å². The highest BCUT2D eigenvalue weighted by Crippen LogP contribution is 2.30. The average molecular weight is 221 g/mol. The van der Waals surface area contributed by atoms with Gasteiger partial charge in [0.25, 0.3) is 0 Å². The minimum absolute atomic E-state index is 0.361. The summed E-state index contributed by atoms with van der Waals surface area (Å²) >= 11 is 0. The Morgan fingerprint density at radius 1 is 1.50 bits per heavy atom. The van der Waals surface area contributed by atoms with Gasteiger partial charge in [0.15, 0.2) is 0 Å². The molecule has 1 aliphatic heterocycles. The van der Waals surface area contributed by atoms with Crippen LogP contribution in [0.4, 0.5) is 11.8 Å². The minimum Gasteiger partial charge on any atom is -0.356 e. The van der Waals surface area contributed by atoms with Gasteiger partial charge in [-0.15, -0.1) is 0 Å². The largest absolute Gasteiger partial charge is 0.356 e. The topological polar surface area (TPSA) is 67.1 Å². The van der Waals surface area contributed by atoms with E-state index in [1.807, 2.05) is 6.07 Å². The van der Waals surface area contributed by atoms with E-state index in [2.05, 4.69) is 34.1 Å². The van der Waals surface area contributed by atoms with Crippen LogP contribution < -0.4 is 16.2 Å². The van der Waals surface area contributed by atoms with Crippen molar-refractivity contribution in [2.45, 2.75) is 26.7 Å². The summed E-state index contributed by atoms with van der Waals surface area (Å²) in [6, 6.07) is 1.93. The highest BCUT2D eigenvalue weighted by molar-refractivity contribution is 5.42. The van der Waals surface area contributed by atoms with Crippen LogP contribution in [0.15, 0.2) is 12.3 Å². The molecule has 2 heterocycles. The molecule has 3 N–H and O–H groups in total. The molecule has 1 saturated heterocycles. The van der Waals surface area contributed by atoms with Gasteiger partial charge in [0.2, 0.25) is 5.95 Å². The van der Waals surface area contributed by atoms with E-state index in [9.17, 15) is 0 Å². The van der Waals surface area contributed by atoms with Crippen LogP contribution in [-0.4, -0.2) is 23.1 Å². The minimum atomic E-state index is 0.361. The maximum atomic E-state index is 5.31. The van der Waals surface area contributed by atoms with Gasteiger partial charge in [-0.05, 0) is 24.3 Å². The van der Waals surface area contributed by atoms with Gasteiger partial charge in [0.1, 0.15) is 5.82 Å². The number of hydrogen-bond donors (Lipinski definition) is 2. The van der Waals surface area contributed by atoms with Crippen LogP contribution in [0.3, 0.4) is 0 Å². The Balaban J connectivity index is 2.16. The number of rotatable bonds is 2. The molecule has 1 fully saturated rings. The van der Waals surface area contributed by atoms with Gasteiger partial charge < -0.3 is 4.90 Å². The van der Waals surface area contributed by atoms with Crippen LogP contribution in [0.1, 0.15) is 26.7 Å². The first-order valence-corrected chi connectivity index (χ1v) is 5.65. The predicted molar refractivity (Wildman–Crippen MR) is 65.1 cm³/mol. The summed E-state index contributed by atoms with van der Waals surface area (Å²) in [7, 11) is 0. The van der Waals surface area contributed by atoms with E-state index in [0.717, 1.165) is 18.9 Å². The Kier molecular flexibility index (Phi) is 2.96. The summed E-state index contributed by atoms with van der Waals surface area (Å²) in [6.45, 7) is 6.68. The van der Waals surface area contributed by atoms with E-state index in [0.29, 0.717) is 11.4 Å². The Morgan fingerprint density at radius 2 is 2.31 bits per heavy atom. The van der Waals surface area contributed by atoms with Gasteiger partial charge >= 0.3 is 0 Å². The molecule has 0 saturated carbocycles. The SMILES string of the molecule is CC1(C)CCCN(c2ccnc(NN)n2)C1. The second kappa shape index (κ2) is 4.25. The third-order valence-corrected chi connectivity index (χ3v) is 2.99. The Labute approximate surface area is 96.0 Å². The lowest BCUT2D eigenvalue weighted by Crippen LogP contribution is -2.40. The van der Waals surface area contributed by atoms with Crippen molar-refractivity contribution in [2.75, 3.05) is 23.4 Å². The first-order valence-electron chi connectivity index (χ1n) is 5.65. The zero-order valence-electron chi connectivity index (χ0n) is 9.90. The number of nitrogens with zero attached hydrogens (tertiary/aromatic N) is 3. The van der Waals surface area contributed by atoms with E-state index in [1.54, 1.807) is 6.20 Å². The van der Waals surface area contributed by atoms with Gasteiger partial charge in [-0.25, -0.2) is 10.8 Å². The number of nitrogens with two attached hydrogens (primary N) is 1. The second-order valence-electron chi connectivity index (χ2n) is 5.07. The van der Waals surface area contributed by atoms with Gasteiger partial charge in [-0.1, -0.05) is 13.8 Å². The quantitative estimate of drug-likeness (QED) is 0.583. The van der Waals surface area contributed by atoms with E-state index < -0.39 is 0 Å². The molecule has 0 radical (unpaired) electrons. The second-order valence-corrected chi connectivity index (χ2v) is 5.07. The molecule has 1 aliphatic rings. The molecule has 88 valence electrons. The van der Waals surface area contributed by atoms with Gasteiger partial charge in [0, 0.05) is 19.3 Å². The van der Waals surface area contributed by atoms with Gasteiger partial charge in [-0.3, -0.25) is 5.43 Å². The maximum absolute atomic E-state index is 5.31. The molecule has 2 rings (SSSR count). The van der Waals surface area contributed by atoms with E-state index in [-0.39, 0.29) is 0 Å². The summed E-state index contributed by atoms with van der Waals surface area (Å²) in [5.74, 6) is 6.74. The van der Waals surface area contributed by atoms with Crippen molar-refractivity contribution >= 4 is 11.8 Å². The number of anilines is 2. The van der Waals surface area contributed by atoms with Gasteiger partial charge in [0.05, 0.1) is 0 Å². The van der Waals surface area contributed by atoms with E-state index in [4.69, 9.17) is 5.84 Å². The van der Waals surface area contributed by atoms with Crippen molar-refractivity contribution in [1.29, 1.82) is 0 Å².